The lowest BCUT2D eigenvalue weighted by molar-refractivity contribution is -0.183. The molecular weight excluding hydrogens is 312 g/mol. The van der Waals surface area contributed by atoms with Gasteiger partial charge in [0.25, 0.3) is 0 Å². The van der Waals surface area contributed by atoms with Crippen molar-refractivity contribution in [2.75, 3.05) is 0 Å². The Morgan fingerprint density at radius 1 is 0.583 bits per heavy atom. The van der Waals surface area contributed by atoms with Gasteiger partial charge < -0.3 is 19.7 Å². The summed E-state index contributed by atoms with van der Waals surface area (Å²) < 4.78 is 10.5. The smallest absolute Gasteiger partial charge is 0.338 e. The number of esters is 2. The van der Waals surface area contributed by atoms with Crippen LogP contribution in [0.5, 0.6) is 0 Å². The van der Waals surface area contributed by atoms with Crippen molar-refractivity contribution in [3.8, 4) is 0 Å². The molecule has 0 radical (unpaired) electrons. The predicted molar refractivity (Wildman–Crippen MR) is 91.1 cm³/mol. The summed E-state index contributed by atoms with van der Waals surface area (Å²) in [6.07, 6.45) is -4.74. The Labute approximate surface area is 145 Å². The Kier molecular flexibility index (Phi) is 9.51. The van der Waals surface area contributed by atoms with Crippen LogP contribution in [0.2, 0.25) is 0 Å². The predicted octanol–water partition coefficient (Wildman–Crippen LogP) is 2.16. The van der Waals surface area contributed by atoms with E-state index in [0.717, 1.165) is 0 Å². The quantitative estimate of drug-likeness (QED) is 0.622. The molecule has 24 heavy (non-hydrogen) atoms. The highest BCUT2D eigenvalue weighted by atomic mass is 16.6. The second-order valence-corrected chi connectivity index (χ2v) is 7.67. The Balaban J connectivity index is 4.87. The molecule has 0 aromatic rings. The van der Waals surface area contributed by atoms with Crippen LogP contribution in [0.4, 0.5) is 0 Å². The molecule has 6 nitrogen and oxygen atoms in total. The maximum Gasteiger partial charge on any atom is 0.338 e. The second-order valence-electron chi connectivity index (χ2n) is 7.67. The van der Waals surface area contributed by atoms with Crippen LogP contribution in [-0.2, 0) is 19.1 Å². The van der Waals surface area contributed by atoms with Crippen molar-refractivity contribution >= 4 is 11.9 Å². The number of carbonyl (C=O) groups is 2. The maximum atomic E-state index is 12.0. The summed E-state index contributed by atoms with van der Waals surface area (Å²) in [5.41, 5.74) is 0. The zero-order chi connectivity index (χ0) is 19.2. The van der Waals surface area contributed by atoms with Gasteiger partial charge in [0.2, 0.25) is 0 Å². The van der Waals surface area contributed by atoms with Crippen molar-refractivity contribution in [2.24, 2.45) is 23.7 Å². The summed E-state index contributed by atoms with van der Waals surface area (Å²) in [6.45, 7) is 15.1. The van der Waals surface area contributed by atoms with Crippen LogP contribution in [0.3, 0.4) is 0 Å². The SMILES string of the molecule is CC(C)C(OC(=O)C(O)C(O)C(=O)OC(C(C)C)C(C)C)C(C)C. The Bertz CT molecular complexity index is 348. The van der Waals surface area contributed by atoms with Gasteiger partial charge in [-0.05, 0) is 23.7 Å². The molecule has 0 spiro atoms. The van der Waals surface area contributed by atoms with E-state index in [0.29, 0.717) is 0 Å². The molecule has 0 aromatic heterocycles. The first-order valence-corrected chi connectivity index (χ1v) is 8.67. The summed E-state index contributed by atoms with van der Waals surface area (Å²) in [5, 5.41) is 19.9. The highest BCUT2D eigenvalue weighted by Crippen LogP contribution is 2.19. The van der Waals surface area contributed by atoms with Crippen LogP contribution in [0, 0.1) is 23.7 Å². The number of ether oxygens (including phenoxy) is 2. The standard InChI is InChI=1S/C18H34O6/c1-9(2)15(10(3)4)23-17(21)13(19)14(20)18(22)24-16(11(5)6)12(7)8/h9-16,19-20H,1-8H3. The molecule has 0 aliphatic carbocycles. The van der Waals surface area contributed by atoms with Crippen molar-refractivity contribution in [3.63, 3.8) is 0 Å². The first-order valence-electron chi connectivity index (χ1n) is 8.67. The molecule has 0 heterocycles. The van der Waals surface area contributed by atoms with E-state index in [4.69, 9.17) is 9.47 Å². The maximum absolute atomic E-state index is 12.0. The first-order chi connectivity index (χ1) is 10.9. The number of carbonyl (C=O) groups excluding carboxylic acids is 2. The third-order valence-electron chi connectivity index (χ3n) is 3.91. The summed E-state index contributed by atoms with van der Waals surface area (Å²) in [7, 11) is 0. The number of rotatable bonds is 9. The largest absolute Gasteiger partial charge is 0.460 e. The van der Waals surface area contributed by atoms with Crippen molar-refractivity contribution in [1.29, 1.82) is 0 Å². The highest BCUT2D eigenvalue weighted by Gasteiger charge is 2.37. The van der Waals surface area contributed by atoms with E-state index in [-0.39, 0.29) is 23.7 Å². The lowest BCUT2D eigenvalue weighted by Gasteiger charge is -2.28. The van der Waals surface area contributed by atoms with Gasteiger partial charge in [-0.3, -0.25) is 0 Å². The second kappa shape index (κ2) is 9.99. The van der Waals surface area contributed by atoms with Crippen molar-refractivity contribution < 1.29 is 29.3 Å². The van der Waals surface area contributed by atoms with Crippen LogP contribution < -0.4 is 0 Å². The van der Waals surface area contributed by atoms with Gasteiger partial charge in [0, 0.05) is 0 Å². The first kappa shape index (κ1) is 22.9. The molecule has 0 saturated heterocycles. The van der Waals surface area contributed by atoms with E-state index in [1.807, 2.05) is 55.4 Å². The Morgan fingerprint density at radius 2 is 0.792 bits per heavy atom. The van der Waals surface area contributed by atoms with E-state index in [9.17, 15) is 19.8 Å². The molecule has 2 atom stereocenters. The van der Waals surface area contributed by atoms with Crippen LogP contribution in [0.25, 0.3) is 0 Å². The number of aliphatic hydroxyl groups excluding tert-OH is 2. The van der Waals surface area contributed by atoms with Crippen LogP contribution in [-0.4, -0.2) is 46.6 Å². The van der Waals surface area contributed by atoms with E-state index >= 15 is 0 Å². The monoisotopic (exact) mass is 346 g/mol. The molecule has 0 bridgehead atoms. The van der Waals surface area contributed by atoms with Gasteiger partial charge in [0.1, 0.15) is 12.2 Å². The minimum Gasteiger partial charge on any atom is -0.460 e. The number of hydrogen-bond donors (Lipinski definition) is 2. The Hall–Kier alpha value is -1.14. The molecule has 0 aliphatic heterocycles. The van der Waals surface area contributed by atoms with E-state index < -0.39 is 36.4 Å². The minimum atomic E-state index is -1.96. The topological polar surface area (TPSA) is 93.1 Å². The van der Waals surface area contributed by atoms with Gasteiger partial charge in [-0.2, -0.15) is 0 Å². The van der Waals surface area contributed by atoms with Crippen LogP contribution in [0.15, 0.2) is 0 Å². The molecule has 0 saturated carbocycles. The molecule has 0 aromatic carbocycles. The van der Waals surface area contributed by atoms with Gasteiger partial charge >= 0.3 is 11.9 Å². The fourth-order valence-corrected chi connectivity index (χ4v) is 2.75. The Morgan fingerprint density at radius 3 is 0.958 bits per heavy atom. The average Bonchev–Trinajstić information content (AvgIpc) is 2.46. The third kappa shape index (κ3) is 6.77. The fourth-order valence-electron chi connectivity index (χ4n) is 2.75. The van der Waals surface area contributed by atoms with Gasteiger partial charge in [0.15, 0.2) is 12.2 Å². The molecule has 0 rings (SSSR count). The van der Waals surface area contributed by atoms with Gasteiger partial charge in [0.05, 0.1) is 0 Å². The normalized spacial score (nSPS) is 14.8. The van der Waals surface area contributed by atoms with E-state index in [2.05, 4.69) is 0 Å². The molecule has 142 valence electrons. The van der Waals surface area contributed by atoms with Crippen LogP contribution >= 0.6 is 0 Å². The minimum absolute atomic E-state index is 0.0523. The fraction of sp³-hybridized carbons (Fsp3) is 0.889. The van der Waals surface area contributed by atoms with Crippen molar-refractivity contribution in [2.45, 2.75) is 79.8 Å². The molecular formula is C18H34O6. The van der Waals surface area contributed by atoms with Gasteiger partial charge in [-0.15, -0.1) is 0 Å². The molecule has 0 aliphatic rings. The number of aliphatic hydroxyl groups is 2. The molecule has 0 amide bonds. The van der Waals surface area contributed by atoms with E-state index in [1.54, 1.807) is 0 Å². The molecule has 2 unspecified atom stereocenters. The zero-order valence-corrected chi connectivity index (χ0v) is 16.1. The van der Waals surface area contributed by atoms with Crippen molar-refractivity contribution in [3.05, 3.63) is 0 Å². The van der Waals surface area contributed by atoms with E-state index in [1.165, 1.54) is 0 Å². The lowest BCUT2D eigenvalue weighted by Crippen LogP contribution is -2.45. The summed E-state index contributed by atoms with van der Waals surface area (Å²) in [5.74, 6) is -1.82. The molecule has 6 heteroatoms. The van der Waals surface area contributed by atoms with Gasteiger partial charge in [-0.1, -0.05) is 55.4 Å². The summed E-state index contributed by atoms with van der Waals surface area (Å²) >= 11 is 0. The highest BCUT2D eigenvalue weighted by molar-refractivity contribution is 5.85. The number of hydrogen-bond acceptors (Lipinski definition) is 6. The molecule has 0 fully saturated rings. The molecule has 2 N–H and O–H groups in total. The lowest BCUT2D eigenvalue weighted by atomic mass is 9.96. The third-order valence-corrected chi connectivity index (χ3v) is 3.91. The summed E-state index contributed by atoms with van der Waals surface area (Å²) in [4.78, 5) is 24.0. The van der Waals surface area contributed by atoms with Gasteiger partial charge in [-0.25, -0.2) is 9.59 Å². The average molecular weight is 346 g/mol. The summed E-state index contributed by atoms with van der Waals surface area (Å²) in [6, 6.07) is 0. The van der Waals surface area contributed by atoms with Crippen LogP contribution in [0.1, 0.15) is 55.4 Å². The van der Waals surface area contributed by atoms with Crippen molar-refractivity contribution in [1.82, 2.24) is 0 Å². The zero-order valence-electron chi connectivity index (χ0n) is 16.1.